The number of benzene rings is 2. The van der Waals surface area contributed by atoms with Crippen LogP contribution in [0.25, 0.3) is 0 Å². The van der Waals surface area contributed by atoms with E-state index in [2.05, 4.69) is 15.5 Å². The maximum Gasteiger partial charge on any atom is 0.226 e. The summed E-state index contributed by atoms with van der Waals surface area (Å²) in [5.74, 6) is 0.664. The number of aryl methyl sites for hydroxylation is 1. The van der Waals surface area contributed by atoms with Crippen LogP contribution in [-0.2, 0) is 11.4 Å². The maximum atomic E-state index is 13.9. The van der Waals surface area contributed by atoms with Gasteiger partial charge in [-0.2, -0.15) is 5.10 Å². The number of fused-ring (bicyclic) bond motifs is 1. The molecule has 132 valence electrons. The lowest BCUT2D eigenvalue weighted by molar-refractivity contribution is -0.116. The molecule has 0 saturated carbocycles. The normalized spacial score (nSPS) is 16.1. The lowest BCUT2D eigenvalue weighted by atomic mass is 9.85. The molecule has 1 amide bonds. The Morgan fingerprint density at radius 1 is 1.19 bits per heavy atom. The van der Waals surface area contributed by atoms with E-state index in [4.69, 9.17) is 4.74 Å². The first-order chi connectivity index (χ1) is 12.6. The number of carbonyl (C=O) groups is 1. The van der Waals surface area contributed by atoms with Crippen molar-refractivity contribution in [2.45, 2.75) is 25.9 Å². The zero-order chi connectivity index (χ0) is 18.1. The predicted molar refractivity (Wildman–Crippen MR) is 95.6 cm³/mol. The second-order valence-corrected chi connectivity index (χ2v) is 6.33. The van der Waals surface area contributed by atoms with Crippen LogP contribution in [0.2, 0.25) is 0 Å². The average molecular weight is 351 g/mol. The van der Waals surface area contributed by atoms with Crippen LogP contribution in [-0.4, -0.2) is 16.1 Å². The second-order valence-electron chi connectivity index (χ2n) is 6.33. The molecule has 5 nitrogen and oxygen atoms in total. The molecule has 4 rings (SSSR count). The highest BCUT2D eigenvalue weighted by Gasteiger charge is 2.32. The Morgan fingerprint density at radius 2 is 1.96 bits per heavy atom. The number of halogens is 1. The van der Waals surface area contributed by atoms with Crippen molar-refractivity contribution < 1.29 is 13.9 Å². The number of amides is 1. The second kappa shape index (κ2) is 6.63. The Morgan fingerprint density at radius 3 is 2.81 bits per heavy atom. The van der Waals surface area contributed by atoms with Gasteiger partial charge >= 0.3 is 0 Å². The lowest BCUT2D eigenvalue weighted by Gasteiger charge is -2.25. The highest BCUT2D eigenvalue weighted by atomic mass is 19.1. The molecule has 2 N–H and O–H groups in total. The van der Waals surface area contributed by atoms with Gasteiger partial charge in [-0.15, -0.1) is 0 Å². The number of hydrogen-bond donors (Lipinski definition) is 2. The van der Waals surface area contributed by atoms with E-state index in [9.17, 15) is 9.18 Å². The summed E-state index contributed by atoms with van der Waals surface area (Å²) in [5.41, 5.74) is 3.26. The molecule has 0 spiro atoms. The number of rotatable bonds is 4. The molecule has 1 atom stereocenters. The van der Waals surface area contributed by atoms with Crippen molar-refractivity contribution in [3.05, 3.63) is 76.7 Å². The SMILES string of the molecule is Cc1[nH]nc2c1C(c1ccccc1OCc1ccccc1F)CC(=O)N2. The summed E-state index contributed by atoms with van der Waals surface area (Å²) in [4.78, 5) is 12.1. The van der Waals surface area contributed by atoms with Crippen molar-refractivity contribution >= 4 is 11.7 Å². The summed E-state index contributed by atoms with van der Waals surface area (Å²) in [5, 5.41) is 9.89. The largest absolute Gasteiger partial charge is 0.488 e. The van der Waals surface area contributed by atoms with Crippen LogP contribution in [0.15, 0.2) is 48.5 Å². The topological polar surface area (TPSA) is 67.0 Å². The Bertz CT molecular complexity index is 967. The third kappa shape index (κ3) is 2.94. The van der Waals surface area contributed by atoms with Crippen molar-refractivity contribution in [1.82, 2.24) is 10.2 Å². The standard InChI is InChI=1S/C20H18FN3O2/c1-12-19-15(10-18(25)22-20(19)24-23-12)14-7-3-5-9-17(14)26-11-13-6-2-4-8-16(13)21/h2-9,15H,10-11H2,1H3,(H2,22,23,24,25). The molecule has 3 aromatic rings. The lowest BCUT2D eigenvalue weighted by Crippen LogP contribution is -2.23. The first kappa shape index (κ1) is 16.3. The number of anilines is 1. The van der Waals surface area contributed by atoms with E-state index in [1.807, 2.05) is 31.2 Å². The van der Waals surface area contributed by atoms with Gasteiger partial charge in [-0.1, -0.05) is 36.4 Å². The van der Waals surface area contributed by atoms with Crippen LogP contribution < -0.4 is 10.1 Å². The smallest absolute Gasteiger partial charge is 0.226 e. The third-order valence-electron chi connectivity index (χ3n) is 4.63. The van der Waals surface area contributed by atoms with Crippen LogP contribution >= 0.6 is 0 Å². The number of para-hydroxylation sites is 1. The Kier molecular flexibility index (Phi) is 4.16. The van der Waals surface area contributed by atoms with E-state index >= 15 is 0 Å². The zero-order valence-corrected chi connectivity index (χ0v) is 14.3. The van der Waals surface area contributed by atoms with Gasteiger partial charge in [-0.25, -0.2) is 4.39 Å². The summed E-state index contributed by atoms with van der Waals surface area (Å²) in [6.45, 7) is 2.05. The Balaban J connectivity index is 1.67. The van der Waals surface area contributed by atoms with E-state index < -0.39 is 0 Å². The monoisotopic (exact) mass is 351 g/mol. The van der Waals surface area contributed by atoms with Crippen LogP contribution in [0.3, 0.4) is 0 Å². The van der Waals surface area contributed by atoms with Crippen LogP contribution in [0.1, 0.15) is 34.7 Å². The number of carbonyl (C=O) groups excluding carboxylic acids is 1. The first-order valence-corrected chi connectivity index (χ1v) is 8.43. The number of ether oxygens (including phenoxy) is 1. The van der Waals surface area contributed by atoms with Gasteiger partial charge < -0.3 is 10.1 Å². The molecular formula is C20H18FN3O2. The molecule has 0 fully saturated rings. The number of hydrogen-bond acceptors (Lipinski definition) is 3. The van der Waals surface area contributed by atoms with Crippen molar-refractivity contribution in [3.63, 3.8) is 0 Å². The fraction of sp³-hybridized carbons (Fsp3) is 0.200. The molecule has 1 aliphatic rings. The van der Waals surface area contributed by atoms with Crippen LogP contribution in [0.5, 0.6) is 5.75 Å². The molecular weight excluding hydrogens is 333 g/mol. The molecule has 26 heavy (non-hydrogen) atoms. The van der Waals surface area contributed by atoms with Gasteiger partial charge in [0.2, 0.25) is 5.91 Å². The van der Waals surface area contributed by atoms with Gasteiger partial charge in [0, 0.05) is 34.7 Å². The van der Waals surface area contributed by atoms with E-state index in [1.165, 1.54) is 6.07 Å². The molecule has 1 aromatic heterocycles. The molecule has 0 bridgehead atoms. The van der Waals surface area contributed by atoms with Gasteiger partial charge in [-0.05, 0) is 19.1 Å². The third-order valence-corrected chi connectivity index (χ3v) is 4.63. The predicted octanol–water partition coefficient (Wildman–Crippen LogP) is 3.91. The molecule has 1 aliphatic heterocycles. The van der Waals surface area contributed by atoms with Crippen LogP contribution in [0, 0.1) is 12.7 Å². The van der Waals surface area contributed by atoms with Crippen LogP contribution in [0.4, 0.5) is 10.2 Å². The Labute approximate surface area is 150 Å². The van der Waals surface area contributed by atoms with Gasteiger partial charge in [0.1, 0.15) is 18.2 Å². The average Bonchev–Trinajstić information content (AvgIpc) is 3.01. The van der Waals surface area contributed by atoms with Crippen molar-refractivity contribution in [2.75, 3.05) is 5.32 Å². The maximum absolute atomic E-state index is 13.9. The van der Waals surface area contributed by atoms with Gasteiger partial charge in [0.25, 0.3) is 0 Å². The molecule has 2 heterocycles. The van der Waals surface area contributed by atoms with Gasteiger partial charge in [-0.3, -0.25) is 9.89 Å². The number of nitrogens with one attached hydrogen (secondary N) is 2. The van der Waals surface area contributed by atoms with E-state index in [-0.39, 0.29) is 24.2 Å². The minimum atomic E-state index is -0.296. The highest BCUT2D eigenvalue weighted by molar-refractivity contribution is 5.94. The van der Waals surface area contributed by atoms with Crippen molar-refractivity contribution in [3.8, 4) is 5.75 Å². The molecule has 0 radical (unpaired) electrons. The molecule has 0 aliphatic carbocycles. The molecule has 6 heteroatoms. The van der Waals surface area contributed by atoms with E-state index in [1.54, 1.807) is 18.2 Å². The summed E-state index contributed by atoms with van der Waals surface area (Å²) >= 11 is 0. The molecule has 1 unspecified atom stereocenters. The van der Waals surface area contributed by atoms with Gasteiger partial charge in [0.05, 0.1) is 0 Å². The Hall–Kier alpha value is -3.15. The fourth-order valence-corrected chi connectivity index (χ4v) is 3.37. The summed E-state index contributed by atoms with van der Waals surface area (Å²) < 4.78 is 19.8. The summed E-state index contributed by atoms with van der Waals surface area (Å²) in [6.07, 6.45) is 0.313. The van der Waals surface area contributed by atoms with Crippen molar-refractivity contribution in [1.29, 1.82) is 0 Å². The molecule has 2 aromatic carbocycles. The fourth-order valence-electron chi connectivity index (χ4n) is 3.37. The quantitative estimate of drug-likeness (QED) is 0.749. The summed E-state index contributed by atoms with van der Waals surface area (Å²) in [7, 11) is 0. The minimum Gasteiger partial charge on any atom is -0.488 e. The number of aromatic amines is 1. The first-order valence-electron chi connectivity index (χ1n) is 8.43. The number of H-pyrrole nitrogens is 1. The summed E-state index contributed by atoms with van der Waals surface area (Å²) in [6, 6.07) is 14.1. The highest BCUT2D eigenvalue weighted by Crippen LogP contribution is 2.41. The minimum absolute atomic E-state index is 0.0853. The molecule has 0 saturated heterocycles. The van der Waals surface area contributed by atoms with Gasteiger partial charge in [0.15, 0.2) is 5.82 Å². The zero-order valence-electron chi connectivity index (χ0n) is 14.3. The van der Waals surface area contributed by atoms with E-state index in [0.29, 0.717) is 23.6 Å². The number of aromatic nitrogens is 2. The van der Waals surface area contributed by atoms with Crippen molar-refractivity contribution in [2.24, 2.45) is 0 Å². The van der Waals surface area contributed by atoms with E-state index in [0.717, 1.165) is 16.8 Å². The number of nitrogens with zero attached hydrogens (tertiary/aromatic N) is 1.